The van der Waals surface area contributed by atoms with Crippen LogP contribution >= 0.6 is 0 Å². The van der Waals surface area contributed by atoms with Crippen LogP contribution in [0.2, 0.25) is 0 Å². The van der Waals surface area contributed by atoms with Gasteiger partial charge < -0.3 is 16.2 Å². The first kappa shape index (κ1) is 29.8. The van der Waals surface area contributed by atoms with E-state index < -0.39 is 24.0 Å². The summed E-state index contributed by atoms with van der Waals surface area (Å²) < 4.78 is 0. The van der Waals surface area contributed by atoms with Crippen LogP contribution in [-0.2, 0) is 14.4 Å². The van der Waals surface area contributed by atoms with Crippen LogP contribution in [0.1, 0.15) is 111 Å². The SMILES string of the molecule is CCCCCCCCC1CCCCC1C(=O)C[C@H](C(=O)N[C@@H](CCN)C(=O)C(C)C)[C@H](C)O. The molecule has 0 heterocycles. The molecule has 2 unspecified atom stereocenters. The zero-order valence-corrected chi connectivity index (χ0v) is 21.6. The molecule has 0 aromatic rings. The van der Waals surface area contributed by atoms with Crippen molar-refractivity contribution in [1.82, 2.24) is 5.32 Å². The standard InChI is InChI=1S/C27H50N2O4/c1-5-6-7-8-9-10-13-21-14-11-12-15-22(21)25(31)18-23(20(4)30)27(33)29-24(16-17-28)26(32)19(2)3/h19-24,30H,5-18,28H2,1-4H3,(H,29,33)/t20-,21?,22?,23-,24-/m0/s1. The van der Waals surface area contributed by atoms with E-state index >= 15 is 0 Å². The van der Waals surface area contributed by atoms with Gasteiger partial charge in [-0.2, -0.15) is 0 Å². The van der Waals surface area contributed by atoms with Gasteiger partial charge >= 0.3 is 0 Å². The Bertz CT molecular complexity index is 591. The first-order chi connectivity index (χ1) is 15.7. The Labute approximate surface area is 201 Å². The molecule has 1 amide bonds. The van der Waals surface area contributed by atoms with Gasteiger partial charge in [-0.3, -0.25) is 14.4 Å². The van der Waals surface area contributed by atoms with E-state index in [0.29, 0.717) is 12.3 Å². The number of unbranched alkanes of at least 4 members (excludes halogenated alkanes) is 5. The molecule has 6 heteroatoms. The zero-order valence-electron chi connectivity index (χ0n) is 21.6. The highest BCUT2D eigenvalue weighted by atomic mass is 16.3. The molecule has 0 bridgehead atoms. The second-order valence-corrected chi connectivity index (χ2v) is 10.4. The van der Waals surface area contributed by atoms with Gasteiger partial charge in [-0.15, -0.1) is 0 Å². The quantitative estimate of drug-likeness (QED) is 0.272. The van der Waals surface area contributed by atoms with Gasteiger partial charge in [0.15, 0.2) is 5.78 Å². The van der Waals surface area contributed by atoms with Gasteiger partial charge in [0.2, 0.25) is 5.91 Å². The highest BCUT2D eigenvalue weighted by Gasteiger charge is 2.35. The summed E-state index contributed by atoms with van der Waals surface area (Å²) >= 11 is 0. The number of nitrogens with one attached hydrogen (secondary N) is 1. The summed E-state index contributed by atoms with van der Waals surface area (Å²) in [6, 6.07) is -0.672. The lowest BCUT2D eigenvalue weighted by molar-refractivity contribution is -0.137. The minimum Gasteiger partial charge on any atom is -0.393 e. The Morgan fingerprint density at radius 2 is 1.64 bits per heavy atom. The zero-order chi connectivity index (χ0) is 24.8. The summed E-state index contributed by atoms with van der Waals surface area (Å²) in [4.78, 5) is 38.7. The van der Waals surface area contributed by atoms with Crippen LogP contribution in [0.25, 0.3) is 0 Å². The molecule has 1 aliphatic carbocycles. The molecule has 5 atom stereocenters. The van der Waals surface area contributed by atoms with Crippen molar-refractivity contribution >= 4 is 17.5 Å². The number of Topliss-reactive ketones (excluding diaryl/α,β-unsaturated/α-hetero) is 2. The van der Waals surface area contributed by atoms with Crippen molar-refractivity contribution in [3.05, 3.63) is 0 Å². The Balaban J connectivity index is 2.72. The lowest BCUT2D eigenvalue weighted by Crippen LogP contribution is -2.48. The second kappa shape index (κ2) is 16.4. The second-order valence-electron chi connectivity index (χ2n) is 10.4. The predicted octanol–water partition coefficient (Wildman–Crippen LogP) is 4.56. The number of rotatable bonds is 17. The molecule has 1 aliphatic rings. The van der Waals surface area contributed by atoms with E-state index in [4.69, 9.17) is 5.73 Å². The van der Waals surface area contributed by atoms with E-state index in [0.717, 1.165) is 32.1 Å². The number of hydrogen-bond donors (Lipinski definition) is 3. The number of amides is 1. The molecule has 1 saturated carbocycles. The Morgan fingerprint density at radius 3 is 2.24 bits per heavy atom. The van der Waals surface area contributed by atoms with Crippen LogP contribution in [-0.4, -0.2) is 41.3 Å². The summed E-state index contributed by atoms with van der Waals surface area (Å²) in [6.45, 7) is 7.64. The van der Waals surface area contributed by atoms with Gasteiger partial charge in [-0.25, -0.2) is 0 Å². The van der Waals surface area contributed by atoms with E-state index in [1.54, 1.807) is 20.8 Å². The Hall–Kier alpha value is -1.27. The van der Waals surface area contributed by atoms with Gasteiger partial charge in [0, 0.05) is 18.3 Å². The van der Waals surface area contributed by atoms with E-state index in [2.05, 4.69) is 12.2 Å². The van der Waals surface area contributed by atoms with E-state index in [9.17, 15) is 19.5 Å². The maximum Gasteiger partial charge on any atom is 0.226 e. The van der Waals surface area contributed by atoms with Crippen LogP contribution < -0.4 is 11.1 Å². The Morgan fingerprint density at radius 1 is 1.00 bits per heavy atom. The molecule has 0 saturated heterocycles. The fourth-order valence-electron chi connectivity index (χ4n) is 5.15. The van der Waals surface area contributed by atoms with Crippen molar-refractivity contribution in [2.75, 3.05) is 6.54 Å². The van der Waals surface area contributed by atoms with E-state index in [-0.39, 0.29) is 36.4 Å². The predicted molar refractivity (Wildman–Crippen MR) is 134 cm³/mol. The molecular formula is C27H50N2O4. The molecule has 0 aliphatic heterocycles. The minimum absolute atomic E-state index is 0.0134. The van der Waals surface area contributed by atoms with Crippen LogP contribution in [0.5, 0.6) is 0 Å². The van der Waals surface area contributed by atoms with Crippen molar-refractivity contribution in [1.29, 1.82) is 0 Å². The van der Waals surface area contributed by atoms with Gasteiger partial charge in [-0.05, 0) is 45.1 Å². The smallest absolute Gasteiger partial charge is 0.226 e. The normalized spacial score (nSPS) is 21.4. The van der Waals surface area contributed by atoms with Gasteiger partial charge in [-0.1, -0.05) is 72.1 Å². The Kier molecular flexibility index (Phi) is 14.8. The molecule has 0 aromatic carbocycles. The third-order valence-corrected chi connectivity index (χ3v) is 7.28. The molecule has 6 nitrogen and oxygen atoms in total. The summed E-state index contributed by atoms with van der Waals surface area (Å²) in [5.74, 6) is -1.09. The fourth-order valence-corrected chi connectivity index (χ4v) is 5.15. The number of ketones is 2. The summed E-state index contributed by atoms with van der Waals surface area (Å²) in [7, 11) is 0. The highest BCUT2D eigenvalue weighted by Crippen LogP contribution is 2.36. The molecule has 33 heavy (non-hydrogen) atoms. The topological polar surface area (TPSA) is 109 Å². The lowest BCUT2D eigenvalue weighted by atomic mass is 9.72. The highest BCUT2D eigenvalue weighted by molar-refractivity contribution is 5.93. The van der Waals surface area contributed by atoms with Crippen molar-refractivity contribution in [3.8, 4) is 0 Å². The first-order valence-corrected chi connectivity index (χ1v) is 13.5. The fraction of sp³-hybridized carbons (Fsp3) is 0.889. The van der Waals surface area contributed by atoms with Gasteiger partial charge in [0.1, 0.15) is 5.78 Å². The monoisotopic (exact) mass is 466 g/mol. The van der Waals surface area contributed by atoms with Crippen molar-refractivity contribution in [3.63, 3.8) is 0 Å². The molecule has 4 N–H and O–H groups in total. The van der Waals surface area contributed by atoms with Crippen molar-refractivity contribution in [2.24, 2.45) is 29.4 Å². The van der Waals surface area contributed by atoms with Crippen molar-refractivity contribution < 1.29 is 19.5 Å². The largest absolute Gasteiger partial charge is 0.393 e. The maximum absolute atomic E-state index is 13.3. The van der Waals surface area contributed by atoms with Gasteiger partial charge in [0.25, 0.3) is 0 Å². The summed E-state index contributed by atoms with van der Waals surface area (Å²) in [5.41, 5.74) is 5.64. The number of nitrogens with two attached hydrogens (primary N) is 1. The van der Waals surface area contributed by atoms with E-state index in [1.807, 2.05) is 0 Å². The molecule has 0 spiro atoms. The number of aliphatic hydroxyl groups excluding tert-OH is 1. The third-order valence-electron chi connectivity index (χ3n) is 7.28. The van der Waals surface area contributed by atoms with Crippen LogP contribution in [0.4, 0.5) is 0 Å². The van der Waals surface area contributed by atoms with Crippen LogP contribution in [0, 0.1) is 23.7 Å². The molecule has 0 aromatic heterocycles. The molecule has 1 rings (SSSR count). The number of aliphatic hydroxyl groups is 1. The third kappa shape index (κ3) is 10.7. The number of carbonyl (C=O) groups excluding carboxylic acids is 3. The maximum atomic E-state index is 13.3. The van der Waals surface area contributed by atoms with Crippen LogP contribution in [0.3, 0.4) is 0 Å². The minimum atomic E-state index is -0.956. The number of carbonyl (C=O) groups is 3. The molecule has 1 fully saturated rings. The molecular weight excluding hydrogens is 416 g/mol. The lowest BCUT2D eigenvalue weighted by Gasteiger charge is -2.32. The number of hydrogen-bond acceptors (Lipinski definition) is 5. The van der Waals surface area contributed by atoms with Crippen LogP contribution in [0.15, 0.2) is 0 Å². The summed E-state index contributed by atoms with van der Waals surface area (Å²) in [6.07, 6.45) is 12.2. The average Bonchev–Trinajstić information content (AvgIpc) is 2.78. The van der Waals surface area contributed by atoms with Gasteiger partial charge in [0.05, 0.1) is 18.1 Å². The average molecular weight is 467 g/mol. The molecule has 0 radical (unpaired) electrons. The summed E-state index contributed by atoms with van der Waals surface area (Å²) in [5, 5.41) is 13.1. The van der Waals surface area contributed by atoms with Crippen molar-refractivity contribution in [2.45, 2.75) is 123 Å². The molecule has 192 valence electrons. The van der Waals surface area contributed by atoms with E-state index in [1.165, 1.54) is 38.5 Å². The first-order valence-electron chi connectivity index (χ1n) is 13.5.